The van der Waals surface area contributed by atoms with Gasteiger partial charge in [-0.2, -0.15) is 0 Å². The van der Waals surface area contributed by atoms with E-state index in [2.05, 4.69) is 14.9 Å². The summed E-state index contributed by atoms with van der Waals surface area (Å²) in [6.07, 6.45) is 1.59. The minimum absolute atomic E-state index is 0.181. The van der Waals surface area contributed by atoms with Crippen LogP contribution < -0.4 is 10.5 Å². The molecule has 0 amide bonds. The Morgan fingerprint density at radius 1 is 1.19 bits per heavy atom. The third kappa shape index (κ3) is 2.12. The van der Waals surface area contributed by atoms with Gasteiger partial charge in [-0.05, 0) is 12.1 Å². The summed E-state index contributed by atoms with van der Waals surface area (Å²) in [5, 5.41) is 0. The molecule has 4 rings (SSSR count). The summed E-state index contributed by atoms with van der Waals surface area (Å²) in [6.45, 7) is 3.09. The molecule has 3 heterocycles. The van der Waals surface area contributed by atoms with E-state index in [0.717, 1.165) is 35.7 Å². The molecule has 2 aliphatic heterocycles. The molecule has 0 aliphatic carbocycles. The number of anilines is 1. The maximum atomic E-state index is 6.19. The van der Waals surface area contributed by atoms with Crippen molar-refractivity contribution in [1.82, 2.24) is 14.9 Å². The van der Waals surface area contributed by atoms with Crippen LogP contribution in [-0.4, -0.2) is 41.2 Å². The number of rotatable bonds is 1. The number of hydrogen-bond acceptors (Lipinski definition) is 6. The van der Waals surface area contributed by atoms with Gasteiger partial charge in [0.2, 0.25) is 5.95 Å². The Labute approximate surface area is 122 Å². The van der Waals surface area contributed by atoms with Gasteiger partial charge >= 0.3 is 0 Å². The highest BCUT2D eigenvalue weighted by Crippen LogP contribution is 2.42. The van der Waals surface area contributed by atoms with Crippen molar-refractivity contribution < 1.29 is 9.47 Å². The molecule has 2 aliphatic rings. The van der Waals surface area contributed by atoms with E-state index in [0.29, 0.717) is 13.2 Å². The molecule has 2 N–H and O–H groups in total. The molecule has 6 heteroatoms. The fourth-order valence-corrected chi connectivity index (χ4v) is 2.83. The summed E-state index contributed by atoms with van der Waals surface area (Å²) in [6, 6.07) is 7.89. The van der Waals surface area contributed by atoms with Crippen LogP contribution in [-0.2, 0) is 4.74 Å². The lowest BCUT2D eigenvalue weighted by molar-refractivity contribution is -0.0487. The molecule has 21 heavy (non-hydrogen) atoms. The fraction of sp³-hybridized carbons (Fsp3) is 0.333. The number of hydrogen-bond donors (Lipinski definition) is 1. The minimum Gasteiger partial charge on any atom is -0.470 e. The predicted molar refractivity (Wildman–Crippen MR) is 77.6 cm³/mol. The van der Waals surface area contributed by atoms with Crippen LogP contribution in [0.5, 0.6) is 5.75 Å². The summed E-state index contributed by atoms with van der Waals surface area (Å²) >= 11 is 0. The zero-order chi connectivity index (χ0) is 14.2. The van der Waals surface area contributed by atoms with Gasteiger partial charge in [0, 0.05) is 24.8 Å². The first-order valence-corrected chi connectivity index (χ1v) is 7.03. The number of morpholine rings is 1. The smallest absolute Gasteiger partial charge is 0.220 e. The van der Waals surface area contributed by atoms with Crippen LogP contribution >= 0.6 is 0 Å². The zero-order valence-electron chi connectivity index (χ0n) is 11.5. The summed E-state index contributed by atoms with van der Waals surface area (Å²) in [7, 11) is 0. The second kappa shape index (κ2) is 4.98. The molecule has 1 atom stereocenters. The Morgan fingerprint density at radius 2 is 2.00 bits per heavy atom. The topological polar surface area (TPSA) is 73.5 Å². The molecule has 0 radical (unpaired) electrons. The molecule has 2 aromatic rings. The van der Waals surface area contributed by atoms with Gasteiger partial charge in [-0.25, -0.2) is 9.97 Å². The predicted octanol–water partition coefficient (Wildman–Crippen LogP) is 1.45. The Kier molecular flexibility index (Phi) is 2.98. The van der Waals surface area contributed by atoms with Crippen LogP contribution in [0.2, 0.25) is 0 Å². The van der Waals surface area contributed by atoms with Crippen LogP contribution in [0.25, 0.3) is 11.3 Å². The van der Waals surface area contributed by atoms with Crippen molar-refractivity contribution in [2.75, 3.05) is 32.0 Å². The first-order chi connectivity index (χ1) is 10.3. The largest absolute Gasteiger partial charge is 0.470 e. The van der Waals surface area contributed by atoms with Gasteiger partial charge < -0.3 is 15.2 Å². The highest BCUT2D eigenvalue weighted by molar-refractivity contribution is 5.72. The minimum atomic E-state index is -0.181. The van der Waals surface area contributed by atoms with Gasteiger partial charge in [0.1, 0.15) is 5.75 Å². The quantitative estimate of drug-likeness (QED) is 0.854. The lowest BCUT2D eigenvalue weighted by Crippen LogP contribution is -2.42. The number of nitrogen functional groups attached to an aromatic ring is 1. The lowest BCUT2D eigenvalue weighted by atomic mass is 10.0. The third-order valence-electron chi connectivity index (χ3n) is 3.86. The van der Waals surface area contributed by atoms with E-state index < -0.39 is 0 Å². The molecule has 0 unspecified atom stereocenters. The van der Waals surface area contributed by atoms with Crippen molar-refractivity contribution in [2.24, 2.45) is 0 Å². The summed E-state index contributed by atoms with van der Waals surface area (Å²) < 4.78 is 11.6. The molecule has 6 nitrogen and oxygen atoms in total. The first kappa shape index (κ1) is 12.6. The molecule has 0 bridgehead atoms. The van der Waals surface area contributed by atoms with Gasteiger partial charge in [-0.3, -0.25) is 4.90 Å². The number of benzene rings is 1. The summed E-state index contributed by atoms with van der Waals surface area (Å²) in [5.41, 5.74) is 8.55. The van der Waals surface area contributed by atoms with E-state index in [1.165, 1.54) is 0 Å². The van der Waals surface area contributed by atoms with Crippen molar-refractivity contribution in [2.45, 2.75) is 6.23 Å². The highest BCUT2D eigenvalue weighted by Gasteiger charge is 2.32. The molecular weight excluding hydrogens is 268 g/mol. The van der Waals surface area contributed by atoms with Crippen molar-refractivity contribution in [3.63, 3.8) is 0 Å². The third-order valence-corrected chi connectivity index (χ3v) is 3.86. The van der Waals surface area contributed by atoms with Crippen LogP contribution in [0.4, 0.5) is 5.95 Å². The second-order valence-corrected chi connectivity index (χ2v) is 5.15. The van der Waals surface area contributed by atoms with Gasteiger partial charge in [-0.1, -0.05) is 12.1 Å². The number of nitrogens with zero attached hydrogens (tertiary/aromatic N) is 3. The van der Waals surface area contributed by atoms with Gasteiger partial charge in [-0.15, -0.1) is 0 Å². The molecule has 0 saturated carbocycles. The number of para-hydroxylation sites is 1. The zero-order valence-corrected chi connectivity index (χ0v) is 11.5. The van der Waals surface area contributed by atoms with Crippen molar-refractivity contribution in [1.29, 1.82) is 0 Å². The van der Waals surface area contributed by atoms with Crippen LogP contribution in [0.1, 0.15) is 11.8 Å². The molecular formula is C15H16N4O2. The second-order valence-electron chi connectivity index (χ2n) is 5.15. The van der Waals surface area contributed by atoms with E-state index in [4.69, 9.17) is 15.2 Å². The number of ether oxygens (including phenoxy) is 2. The van der Waals surface area contributed by atoms with Crippen molar-refractivity contribution >= 4 is 5.95 Å². The van der Waals surface area contributed by atoms with Crippen LogP contribution in [0.15, 0.2) is 30.5 Å². The highest BCUT2D eigenvalue weighted by atomic mass is 16.5. The molecule has 0 spiro atoms. The van der Waals surface area contributed by atoms with Gasteiger partial charge in [0.05, 0.1) is 24.5 Å². The maximum absolute atomic E-state index is 6.19. The molecule has 1 saturated heterocycles. The van der Waals surface area contributed by atoms with Gasteiger partial charge in [0.25, 0.3) is 0 Å². The lowest BCUT2D eigenvalue weighted by Gasteiger charge is -2.37. The molecule has 1 fully saturated rings. The van der Waals surface area contributed by atoms with Crippen molar-refractivity contribution in [3.05, 3.63) is 36.0 Å². The number of fused-ring (bicyclic) bond motifs is 3. The van der Waals surface area contributed by atoms with E-state index >= 15 is 0 Å². The van der Waals surface area contributed by atoms with E-state index in [1.807, 2.05) is 24.3 Å². The number of aromatic nitrogens is 2. The summed E-state index contributed by atoms with van der Waals surface area (Å²) in [4.78, 5) is 10.8. The average molecular weight is 284 g/mol. The first-order valence-electron chi connectivity index (χ1n) is 7.03. The average Bonchev–Trinajstić information content (AvgIpc) is 2.55. The maximum Gasteiger partial charge on any atom is 0.220 e. The Morgan fingerprint density at radius 3 is 2.86 bits per heavy atom. The number of nitrogens with two attached hydrogens (primary N) is 1. The van der Waals surface area contributed by atoms with E-state index in [1.54, 1.807) is 6.20 Å². The molecule has 1 aromatic carbocycles. The molecule has 1 aromatic heterocycles. The standard InChI is InChI=1S/C15H16N4O2/c16-15-17-9-11-13(18-15)10-3-1-2-4-12(10)21-14(11)19-5-7-20-8-6-19/h1-4,9,14H,5-8H2,(H2,16,17,18)/t14-/m0/s1. The monoisotopic (exact) mass is 284 g/mol. The Balaban J connectivity index is 1.82. The Hall–Kier alpha value is -2.18. The normalized spacial score (nSPS) is 21.2. The summed E-state index contributed by atoms with van der Waals surface area (Å²) in [5.74, 6) is 1.12. The van der Waals surface area contributed by atoms with Gasteiger partial charge in [0.15, 0.2) is 6.23 Å². The van der Waals surface area contributed by atoms with Crippen LogP contribution in [0, 0.1) is 0 Å². The molecule has 108 valence electrons. The fourth-order valence-electron chi connectivity index (χ4n) is 2.83. The Bertz CT molecular complexity index is 670. The van der Waals surface area contributed by atoms with E-state index in [-0.39, 0.29) is 12.2 Å². The van der Waals surface area contributed by atoms with Crippen LogP contribution in [0.3, 0.4) is 0 Å². The SMILES string of the molecule is Nc1ncc2c(n1)-c1ccccc1O[C@@H]2N1CCOCC1. The van der Waals surface area contributed by atoms with Crippen molar-refractivity contribution in [3.8, 4) is 17.0 Å². The van der Waals surface area contributed by atoms with E-state index in [9.17, 15) is 0 Å².